The number of amides is 1. The molecule has 0 spiro atoms. The van der Waals surface area contributed by atoms with Gasteiger partial charge in [-0.2, -0.15) is 13.2 Å². The largest absolute Gasteiger partial charge is 0.444 e. The number of halogens is 3. The van der Waals surface area contributed by atoms with E-state index in [0.717, 1.165) is 6.92 Å². The first kappa shape index (κ1) is 19.0. The van der Waals surface area contributed by atoms with Gasteiger partial charge >= 0.3 is 12.3 Å². The highest BCUT2D eigenvalue weighted by atomic mass is 19.4. The molecule has 0 unspecified atom stereocenters. The highest BCUT2D eigenvalue weighted by molar-refractivity contribution is 5.68. The maximum absolute atomic E-state index is 12.3. The Balaban J connectivity index is 2.40. The van der Waals surface area contributed by atoms with Crippen LogP contribution in [-0.4, -0.2) is 65.9 Å². The van der Waals surface area contributed by atoms with Gasteiger partial charge in [0.15, 0.2) is 6.10 Å². The number of carbonyl (C=O) groups is 1. The van der Waals surface area contributed by atoms with Gasteiger partial charge in [0.2, 0.25) is 0 Å². The summed E-state index contributed by atoms with van der Waals surface area (Å²) in [5.74, 6) is 0. The number of ether oxygens (including phenoxy) is 2. The van der Waals surface area contributed by atoms with E-state index in [0.29, 0.717) is 0 Å². The number of nitrogens with zero attached hydrogens (tertiary/aromatic N) is 1. The predicted molar refractivity (Wildman–Crippen MR) is 72.2 cm³/mol. The van der Waals surface area contributed by atoms with Crippen LogP contribution in [0.3, 0.4) is 0 Å². The summed E-state index contributed by atoms with van der Waals surface area (Å²) in [6, 6.07) is -0.562. The van der Waals surface area contributed by atoms with Crippen molar-refractivity contribution in [3.8, 4) is 0 Å². The van der Waals surface area contributed by atoms with Gasteiger partial charge in [-0.1, -0.05) is 0 Å². The van der Waals surface area contributed by atoms with E-state index < -0.39 is 36.1 Å². The van der Waals surface area contributed by atoms with Crippen LogP contribution in [0.15, 0.2) is 0 Å². The second-order valence-corrected chi connectivity index (χ2v) is 6.26. The molecule has 0 aromatic heterocycles. The zero-order chi connectivity index (χ0) is 17.1. The molecule has 9 heteroatoms. The summed E-state index contributed by atoms with van der Waals surface area (Å²) >= 11 is 0. The van der Waals surface area contributed by atoms with E-state index in [2.05, 4.69) is 10.1 Å². The minimum atomic E-state index is -4.43. The van der Waals surface area contributed by atoms with Gasteiger partial charge in [0.05, 0.1) is 25.4 Å². The van der Waals surface area contributed by atoms with E-state index in [-0.39, 0.29) is 19.8 Å². The Morgan fingerprint density at radius 2 is 1.95 bits per heavy atom. The smallest absolute Gasteiger partial charge is 0.414 e. The number of aliphatic hydroxyl groups is 1. The van der Waals surface area contributed by atoms with E-state index in [1.54, 1.807) is 20.8 Å². The summed E-state index contributed by atoms with van der Waals surface area (Å²) in [6.45, 7) is 5.89. The summed E-state index contributed by atoms with van der Waals surface area (Å²) in [5, 5.41) is 12.5. The lowest BCUT2D eigenvalue weighted by atomic mass is 10.2. The zero-order valence-electron chi connectivity index (χ0n) is 13.1. The van der Waals surface area contributed by atoms with Crippen molar-refractivity contribution in [2.45, 2.75) is 57.7 Å². The van der Waals surface area contributed by atoms with Crippen LogP contribution in [0.2, 0.25) is 0 Å². The Labute approximate surface area is 127 Å². The Hall–Kier alpha value is -1.06. The van der Waals surface area contributed by atoms with E-state index in [9.17, 15) is 23.1 Å². The first-order valence-corrected chi connectivity index (χ1v) is 6.98. The van der Waals surface area contributed by atoms with E-state index in [1.165, 1.54) is 4.90 Å². The first-order valence-electron chi connectivity index (χ1n) is 6.98. The number of likely N-dealkylation sites (tertiary alicyclic amines) is 1. The highest BCUT2D eigenvalue weighted by Crippen LogP contribution is 2.22. The third-order valence-corrected chi connectivity index (χ3v) is 3.08. The molecule has 1 fully saturated rings. The normalized spacial score (nSPS) is 24.5. The predicted octanol–water partition coefficient (Wildman–Crippen LogP) is 1.48. The van der Waals surface area contributed by atoms with Gasteiger partial charge in [-0.3, -0.25) is 5.32 Å². The minimum Gasteiger partial charge on any atom is -0.444 e. The molecular formula is C13H23F3N2O4. The number of hydrogen-bond acceptors (Lipinski definition) is 5. The van der Waals surface area contributed by atoms with Crippen molar-refractivity contribution in [1.82, 2.24) is 10.2 Å². The maximum Gasteiger partial charge on any atom is 0.414 e. The Morgan fingerprint density at radius 1 is 1.36 bits per heavy atom. The number of nitrogens with one attached hydrogen (secondary N) is 1. The number of rotatable bonds is 4. The quantitative estimate of drug-likeness (QED) is 0.765. The molecule has 0 aromatic carbocycles. The van der Waals surface area contributed by atoms with Crippen LogP contribution in [0.5, 0.6) is 0 Å². The molecule has 130 valence electrons. The lowest BCUT2D eigenvalue weighted by Gasteiger charge is -2.24. The molecule has 1 heterocycles. The van der Waals surface area contributed by atoms with Crippen molar-refractivity contribution in [1.29, 1.82) is 0 Å². The van der Waals surface area contributed by atoms with Crippen LogP contribution in [0, 0.1) is 0 Å². The minimum absolute atomic E-state index is 0.0569. The molecule has 0 saturated carbocycles. The van der Waals surface area contributed by atoms with E-state index >= 15 is 0 Å². The number of aliphatic hydroxyl groups excluding tert-OH is 1. The Kier molecular flexibility index (Phi) is 6.05. The van der Waals surface area contributed by atoms with Crippen molar-refractivity contribution in [2.75, 3.05) is 19.8 Å². The van der Waals surface area contributed by atoms with Gasteiger partial charge in [0.25, 0.3) is 0 Å². The standard InChI is InChI=1S/C13H23F3N2O4/c1-8(13(14,15)16)21-7-17-9-5-18(6-10(9)19)11(20)22-12(2,3)4/h8-10,17,19H,5-7H2,1-4H3/t8-,9+,10+/m0/s1. The van der Waals surface area contributed by atoms with Gasteiger partial charge in [0.1, 0.15) is 5.60 Å². The van der Waals surface area contributed by atoms with Gasteiger partial charge in [-0.15, -0.1) is 0 Å². The van der Waals surface area contributed by atoms with Crippen LogP contribution in [-0.2, 0) is 9.47 Å². The van der Waals surface area contributed by atoms with Crippen molar-refractivity contribution in [3.05, 3.63) is 0 Å². The molecule has 0 radical (unpaired) electrons. The summed E-state index contributed by atoms with van der Waals surface area (Å²) in [5.41, 5.74) is -0.654. The SMILES string of the molecule is C[C@H](OCN[C@@H]1CN(C(=O)OC(C)(C)C)C[C@H]1O)C(F)(F)F. The molecule has 3 atom stereocenters. The molecule has 6 nitrogen and oxygen atoms in total. The molecule has 0 aromatic rings. The van der Waals surface area contributed by atoms with E-state index in [1.807, 2.05) is 0 Å². The van der Waals surface area contributed by atoms with Crippen LogP contribution < -0.4 is 5.32 Å². The summed E-state index contributed by atoms with van der Waals surface area (Å²) < 4.78 is 46.6. The van der Waals surface area contributed by atoms with Gasteiger partial charge in [-0.05, 0) is 27.7 Å². The Bertz CT molecular complexity index is 384. The number of hydrogen-bond donors (Lipinski definition) is 2. The Morgan fingerprint density at radius 3 is 2.45 bits per heavy atom. The lowest BCUT2D eigenvalue weighted by Crippen LogP contribution is -2.43. The fraction of sp³-hybridized carbons (Fsp3) is 0.923. The third-order valence-electron chi connectivity index (χ3n) is 3.08. The number of carbonyl (C=O) groups excluding carboxylic acids is 1. The van der Waals surface area contributed by atoms with Gasteiger partial charge < -0.3 is 19.5 Å². The summed E-state index contributed by atoms with van der Waals surface area (Å²) in [6.07, 6.45) is -7.79. The number of β-amino-alcohol motifs (C(OH)–C–C–N with tert-alkyl or cyclic N) is 1. The molecule has 1 aliphatic rings. The van der Waals surface area contributed by atoms with E-state index in [4.69, 9.17) is 4.74 Å². The lowest BCUT2D eigenvalue weighted by molar-refractivity contribution is -0.216. The summed E-state index contributed by atoms with van der Waals surface area (Å²) in [7, 11) is 0. The molecular weight excluding hydrogens is 305 g/mol. The van der Waals surface area contributed by atoms with Crippen LogP contribution in [0.1, 0.15) is 27.7 Å². The second-order valence-electron chi connectivity index (χ2n) is 6.26. The van der Waals surface area contributed by atoms with Crippen LogP contribution in [0.25, 0.3) is 0 Å². The van der Waals surface area contributed by atoms with Gasteiger partial charge in [0, 0.05) is 6.54 Å². The van der Waals surface area contributed by atoms with Crippen LogP contribution >= 0.6 is 0 Å². The fourth-order valence-electron chi connectivity index (χ4n) is 1.84. The zero-order valence-corrected chi connectivity index (χ0v) is 13.1. The van der Waals surface area contributed by atoms with Crippen molar-refractivity contribution < 1.29 is 32.5 Å². The molecule has 1 rings (SSSR count). The highest BCUT2D eigenvalue weighted by Gasteiger charge is 2.38. The van der Waals surface area contributed by atoms with Crippen LogP contribution in [0.4, 0.5) is 18.0 Å². The topological polar surface area (TPSA) is 71.0 Å². The molecule has 2 N–H and O–H groups in total. The second kappa shape index (κ2) is 7.01. The first-order chi connectivity index (χ1) is 9.90. The average molecular weight is 328 g/mol. The molecule has 22 heavy (non-hydrogen) atoms. The summed E-state index contributed by atoms with van der Waals surface area (Å²) in [4.78, 5) is 13.2. The van der Waals surface area contributed by atoms with Gasteiger partial charge in [-0.25, -0.2) is 4.79 Å². The maximum atomic E-state index is 12.3. The molecule has 0 aliphatic carbocycles. The van der Waals surface area contributed by atoms with Crippen molar-refractivity contribution in [3.63, 3.8) is 0 Å². The van der Waals surface area contributed by atoms with Crippen molar-refractivity contribution >= 4 is 6.09 Å². The van der Waals surface area contributed by atoms with Crippen molar-refractivity contribution in [2.24, 2.45) is 0 Å². The third kappa shape index (κ3) is 5.98. The number of alkyl halides is 3. The molecule has 1 saturated heterocycles. The molecule has 1 amide bonds. The average Bonchev–Trinajstić information content (AvgIpc) is 2.67. The monoisotopic (exact) mass is 328 g/mol. The molecule has 1 aliphatic heterocycles. The fourth-order valence-corrected chi connectivity index (χ4v) is 1.84. The molecule has 0 bridgehead atoms.